The van der Waals surface area contributed by atoms with E-state index in [0.29, 0.717) is 12.1 Å². The van der Waals surface area contributed by atoms with Crippen molar-refractivity contribution in [2.45, 2.75) is 50.7 Å². The first-order valence-corrected chi connectivity index (χ1v) is 8.24. The summed E-state index contributed by atoms with van der Waals surface area (Å²) in [7, 11) is 0. The third-order valence-corrected chi connectivity index (χ3v) is 4.15. The van der Waals surface area contributed by atoms with Gasteiger partial charge in [-0.3, -0.25) is 14.3 Å². The minimum absolute atomic E-state index is 0.0158. The van der Waals surface area contributed by atoms with Gasteiger partial charge in [0.1, 0.15) is 0 Å². The molecule has 1 N–H and O–H groups in total. The first-order chi connectivity index (χ1) is 11.2. The zero-order valence-corrected chi connectivity index (χ0v) is 14.1. The molecular weight excluding hydrogens is 370 g/mol. The Kier molecular flexibility index (Phi) is 6.14. The highest BCUT2D eigenvalue weighted by molar-refractivity contribution is 6.63. The molecule has 0 spiro atoms. The number of hydrogen-bond donors (Lipinski definition) is 1. The van der Waals surface area contributed by atoms with E-state index in [1.54, 1.807) is 0 Å². The molecule has 0 bridgehead atoms. The average molecular weight is 386 g/mol. The highest BCUT2D eigenvalue weighted by Crippen LogP contribution is 2.46. The fraction of sp³-hybridized carbons (Fsp3) is 0.643. The van der Waals surface area contributed by atoms with E-state index < -0.39 is 17.1 Å². The van der Waals surface area contributed by atoms with Crippen LogP contribution in [-0.2, 0) is 22.3 Å². The van der Waals surface area contributed by atoms with Crippen LogP contribution in [0, 0.1) is 0 Å². The molecule has 0 atom stereocenters. The Morgan fingerprint density at radius 3 is 2.50 bits per heavy atom. The topological polar surface area (TPSA) is 64.0 Å². The SMILES string of the molecule is O=C(Cl)CCCNC(=O)CCn1nc(C(F)(F)F)c(Cl)c1C1CC1. The van der Waals surface area contributed by atoms with Crippen molar-refractivity contribution in [1.82, 2.24) is 15.1 Å². The van der Waals surface area contributed by atoms with Crippen LogP contribution in [0.1, 0.15) is 49.4 Å². The Hall–Kier alpha value is -1.28. The molecule has 1 aliphatic rings. The van der Waals surface area contributed by atoms with Crippen LogP contribution in [0.2, 0.25) is 5.02 Å². The third kappa shape index (κ3) is 5.11. The summed E-state index contributed by atoms with van der Waals surface area (Å²) in [6, 6.07) is 0. The van der Waals surface area contributed by atoms with E-state index in [2.05, 4.69) is 10.4 Å². The predicted molar refractivity (Wildman–Crippen MR) is 81.9 cm³/mol. The second-order valence-electron chi connectivity index (χ2n) is 5.60. The summed E-state index contributed by atoms with van der Waals surface area (Å²) in [6.07, 6.45) is -2.56. The van der Waals surface area contributed by atoms with Crippen LogP contribution < -0.4 is 5.32 Å². The van der Waals surface area contributed by atoms with Crippen LogP contribution in [0.15, 0.2) is 0 Å². The van der Waals surface area contributed by atoms with Gasteiger partial charge in [-0.2, -0.15) is 18.3 Å². The fourth-order valence-electron chi connectivity index (χ4n) is 2.30. The molecule has 1 aromatic heterocycles. The largest absolute Gasteiger partial charge is 0.436 e. The molecule has 0 aromatic carbocycles. The molecular formula is C14H16Cl2F3N3O2. The van der Waals surface area contributed by atoms with Gasteiger partial charge < -0.3 is 5.32 Å². The van der Waals surface area contributed by atoms with Crippen LogP contribution in [0.3, 0.4) is 0 Å². The maximum atomic E-state index is 12.9. The number of nitrogens with one attached hydrogen (secondary N) is 1. The standard InChI is InChI=1S/C14H16Cl2F3N3O2/c15-9(23)2-1-6-20-10(24)5-7-22-12(8-3-4-8)11(16)13(21-22)14(17,18)19/h8H,1-7H2,(H,20,24). The van der Waals surface area contributed by atoms with Crippen LogP contribution in [0.5, 0.6) is 0 Å². The van der Waals surface area contributed by atoms with Crippen LogP contribution >= 0.6 is 23.2 Å². The van der Waals surface area contributed by atoms with Crippen molar-refractivity contribution in [3.8, 4) is 0 Å². The number of hydrogen-bond acceptors (Lipinski definition) is 3. The lowest BCUT2D eigenvalue weighted by Crippen LogP contribution is -2.26. The molecule has 1 saturated carbocycles. The molecule has 10 heteroatoms. The van der Waals surface area contributed by atoms with Gasteiger partial charge in [0.25, 0.3) is 0 Å². The number of aromatic nitrogens is 2. The summed E-state index contributed by atoms with van der Waals surface area (Å²) in [5.74, 6) is -0.363. The zero-order valence-electron chi connectivity index (χ0n) is 12.6. The smallest absolute Gasteiger partial charge is 0.356 e. The second-order valence-corrected chi connectivity index (χ2v) is 6.40. The Morgan fingerprint density at radius 2 is 1.96 bits per heavy atom. The van der Waals surface area contributed by atoms with Gasteiger partial charge in [0.15, 0.2) is 5.69 Å². The van der Waals surface area contributed by atoms with Crippen LogP contribution in [0.25, 0.3) is 0 Å². The molecule has 0 saturated heterocycles. The molecule has 24 heavy (non-hydrogen) atoms. The van der Waals surface area contributed by atoms with E-state index >= 15 is 0 Å². The Morgan fingerprint density at radius 1 is 1.29 bits per heavy atom. The number of aryl methyl sites for hydroxylation is 1. The van der Waals surface area contributed by atoms with Gasteiger partial charge in [0, 0.05) is 25.3 Å². The molecule has 0 radical (unpaired) electrons. The van der Waals surface area contributed by atoms with Gasteiger partial charge in [-0.25, -0.2) is 0 Å². The van der Waals surface area contributed by atoms with Crippen molar-refractivity contribution in [3.05, 3.63) is 16.4 Å². The van der Waals surface area contributed by atoms with Gasteiger partial charge in [0.05, 0.1) is 17.3 Å². The number of carbonyl (C=O) groups excluding carboxylic acids is 2. The van der Waals surface area contributed by atoms with Crippen molar-refractivity contribution < 1.29 is 22.8 Å². The summed E-state index contributed by atoms with van der Waals surface area (Å²) in [6.45, 7) is 0.294. The van der Waals surface area contributed by atoms with E-state index in [1.807, 2.05) is 0 Å². The number of nitrogens with zero attached hydrogens (tertiary/aromatic N) is 2. The van der Waals surface area contributed by atoms with E-state index in [-0.39, 0.29) is 42.8 Å². The van der Waals surface area contributed by atoms with Crippen LogP contribution in [0.4, 0.5) is 13.2 Å². The van der Waals surface area contributed by atoms with Crippen molar-refractivity contribution in [1.29, 1.82) is 0 Å². The molecule has 1 aromatic rings. The number of alkyl halides is 3. The molecule has 5 nitrogen and oxygen atoms in total. The van der Waals surface area contributed by atoms with Crippen molar-refractivity contribution in [2.24, 2.45) is 0 Å². The molecule has 1 aliphatic carbocycles. The van der Waals surface area contributed by atoms with E-state index in [9.17, 15) is 22.8 Å². The summed E-state index contributed by atoms with van der Waals surface area (Å²) in [4.78, 5) is 22.3. The quantitative estimate of drug-likeness (QED) is 0.550. The first-order valence-electron chi connectivity index (χ1n) is 7.48. The minimum Gasteiger partial charge on any atom is -0.356 e. The third-order valence-electron chi connectivity index (χ3n) is 3.59. The van der Waals surface area contributed by atoms with Gasteiger partial charge >= 0.3 is 6.18 Å². The molecule has 134 valence electrons. The number of carbonyl (C=O) groups is 2. The maximum Gasteiger partial charge on any atom is 0.436 e. The molecule has 1 heterocycles. The van der Waals surface area contributed by atoms with Crippen molar-refractivity contribution >= 4 is 34.4 Å². The van der Waals surface area contributed by atoms with Gasteiger partial charge in [-0.1, -0.05) is 11.6 Å². The zero-order chi connectivity index (χ0) is 17.9. The first kappa shape index (κ1) is 19.1. The minimum atomic E-state index is -4.62. The molecule has 0 aliphatic heterocycles. The highest BCUT2D eigenvalue weighted by Gasteiger charge is 2.41. The Balaban J connectivity index is 1.94. The second kappa shape index (κ2) is 7.74. The molecule has 1 fully saturated rings. The number of halogens is 5. The highest BCUT2D eigenvalue weighted by atomic mass is 35.5. The van der Waals surface area contributed by atoms with Gasteiger partial charge in [0.2, 0.25) is 11.1 Å². The lowest BCUT2D eigenvalue weighted by molar-refractivity contribution is -0.141. The van der Waals surface area contributed by atoms with E-state index in [4.69, 9.17) is 23.2 Å². The van der Waals surface area contributed by atoms with Crippen molar-refractivity contribution in [2.75, 3.05) is 6.54 Å². The summed E-state index contributed by atoms with van der Waals surface area (Å²) >= 11 is 11.0. The fourth-order valence-corrected chi connectivity index (χ4v) is 2.83. The number of amides is 1. The molecule has 1 amide bonds. The normalized spacial score (nSPS) is 14.7. The van der Waals surface area contributed by atoms with Crippen LogP contribution in [-0.4, -0.2) is 27.5 Å². The van der Waals surface area contributed by atoms with E-state index in [1.165, 1.54) is 4.68 Å². The van der Waals surface area contributed by atoms with Crippen molar-refractivity contribution in [3.63, 3.8) is 0 Å². The predicted octanol–water partition coefficient (Wildman–Crippen LogP) is 3.48. The summed E-state index contributed by atoms with van der Waals surface area (Å²) in [5, 5.41) is 5.28. The summed E-state index contributed by atoms with van der Waals surface area (Å²) < 4.78 is 39.9. The average Bonchev–Trinajstić information content (AvgIpc) is 3.24. The Bertz CT molecular complexity index is 628. The van der Waals surface area contributed by atoms with Gasteiger partial charge in [-0.15, -0.1) is 0 Å². The molecule has 0 unspecified atom stereocenters. The Labute approximate surface area is 146 Å². The maximum absolute atomic E-state index is 12.9. The monoisotopic (exact) mass is 385 g/mol. The molecule has 2 rings (SSSR count). The van der Waals surface area contributed by atoms with E-state index in [0.717, 1.165) is 12.8 Å². The lowest BCUT2D eigenvalue weighted by Gasteiger charge is -2.07. The van der Waals surface area contributed by atoms with Gasteiger partial charge in [-0.05, 0) is 30.9 Å². The summed E-state index contributed by atoms with van der Waals surface area (Å²) in [5.41, 5.74) is -0.753. The lowest BCUT2D eigenvalue weighted by atomic mass is 10.2. The number of rotatable bonds is 8.